The zero-order valence-corrected chi connectivity index (χ0v) is 14.8. The fourth-order valence-electron chi connectivity index (χ4n) is 2.81. The molecule has 4 nitrogen and oxygen atoms in total. The highest BCUT2D eigenvalue weighted by atomic mass is 79.9. The summed E-state index contributed by atoms with van der Waals surface area (Å²) >= 11 is 3.32. The molecular weight excluding hydrogens is 352 g/mol. The number of nitrogens with one attached hydrogen (secondary N) is 1. The minimum absolute atomic E-state index is 0.0370. The van der Waals surface area contributed by atoms with Gasteiger partial charge in [0.2, 0.25) is 10.0 Å². The van der Waals surface area contributed by atoms with Gasteiger partial charge in [0.05, 0.1) is 4.90 Å². The fraction of sp³-hybridized carbons (Fsp3) is 0.600. The number of sulfonamides is 1. The fourth-order valence-corrected chi connectivity index (χ4v) is 5.04. The van der Waals surface area contributed by atoms with Gasteiger partial charge in [0.25, 0.3) is 0 Å². The van der Waals surface area contributed by atoms with Crippen LogP contribution >= 0.6 is 15.9 Å². The Kier molecular flexibility index (Phi) is 5.68. The van der Waals surface area contributed by atoms with Crippen molar-refractivity contribution in [2.75, 3.05) is 5.73 Å². The predicted molar refractivity (Wildman–Crippen MR) is 89.7 cm³/mol. The molecule has 118 valence electrons. The lowest BCUT2D eigenvalue weighted by Crippen LogP contribution is -2.35. The second-order valence-electron chi connectivity index (χ2n) is 5.78. The Morgan fingerprint density at radius 2 is 1.71 bits per heavy atom. The van der Waals surface area contributed by atoms with Gasteiger partial charge in [-0.2, -0.15) is 0 Å². The first-order valence-electron chi connectivity index (χ1n) is 7.48. The summed E-state index contributed by atoms with van der Waals surface area (Å²) in [6.07, 6.45) is 7.67. The number of benzene rings is 1. The maximum absolute atomic E-state index is 12.6. The lowest BCUT2D eigenvalue weighted by molar-refractivity contribution is 0.426. The molecule has 3 N–H and O–H groups in total. The van der Waals surface area contributed by atoms with Crippen molar-refractivity contribution in [2.45, 2.75) is 62.8 Å². The average Bonchev–Trinajstić information content (AvgIpc) is 2.36. The van der Waals surface area contributed by atoms with E-state index in [1.54, 1.807) is 19.1 Å². The lowest BCUT2D eigenvalue weighted by atomic mass is 9.97. The molecule has 0 heterocycles. The van der Waals surface area contributed by atoms with Crippen LogP contribution in [-0.4, -0.2) is 14.5 Å². The van der Waals surface area contributed by atoms with Crippen LogP contribution in [0.3, 0.4) is 0 Å². The summed E-state index contributed by atoms with van der Waals surface area (Å²) < 4.78 is 28.8. The minimum Gasteiger partial charge on any atom is -0.398 e. The number of hydrogen-bond donors (Lipinski definition) is 2. The van der Waals surface area contributed by atoms with Crippen molar-refractivity contribution in [1.82, 2.24) is 4.72 Å². The Hall–Kier alpha value is -0.590. The molecule has 1 saturated carbocycles. The van der Waals surface area contributed by atoms with Crippen molar-refractivity contribution >= 4 is 31.6 Å². The maximum Gasteiger partial charge on any atom is 0.241 e. The van der Waals surface area contributed by atoms with Crippen LogP contribution in [0, 0.1) is 6.92 Å². The smallest absolute Gasteiger partial charge is 0.241 e. The van der Waals surface area contributed by atoms with E-state index >= 15 is 0 Å². The third-order valence-electron chi connectivity index (χ3n) is 4.08. The van der Waals surface area contributed by atoms with Gasteiger partial charge < -0.3 is 5.73 Å². The van der Waals surface area contributed by atoms with Crippen LogP contribution in [0.15, 0.2) is 21.5 Å². The number of hydrogen-bond acceptors (Lipinski definition) is 3. The van der Waals surface area contributed by atoms with Gasteiger partial charge in [-0.3, -0.25) is 0 Å². The van der Waals surface area contributed by atoms with E-state index in [1.165, 1.54) is 19.3 Å². The molecule has 0 saturated heterocycles. The van der Waals surface area contributed by atoms with E-state index in [2.05, 4.69) is 20.7 Å². The van der Waals surface area contributed by atoms with E-state index in [0.29, 0.717) is 15.7 Å². The summed E-state index contributed by atoms with van der Waals surface area (Å²) in [5, 5.41) is 0. The van der Waals surface area contributed by atoms with Crippen molar-refractivity contribution in [3.05, 3.63) is 22.2 Å². The van der Waals surface area contributed by atoms with E-state index in [9.17, 15) is 8.42 Å². The number of nitrogen functional groups attached to an aromatic ring is 1. The number of anilines is 1. The molecule has 1 aliphatic rings. The summed E-state index contributed by atoms with van der Waals surface area (Å²) in [5.41, 5.74) is 6.97. The first-order chi connectivity index (χ1) is 9.90. The molecule has 0 atom stereocenters. The van der Waals surface area contributed by atoms with Gasteiger partial charge in [-0.15, -0.1) is 0 Å². The van der Waals surface area contributed by atoms with Crippen LogP contribution in [0.1, 0.15) is 50.5 Å². The molecule has 0 aliphatic heterocycles. The molecule has 0 bridgehead atoms. The number of rotatable bonds is 3. The zero-order valence-electron chi connectivity index (χ0n) is 12.4. The Morgan fingerprint density at radius 3 is 2.33 bits per heavy atom. The van der Waals surface area contributed by atoms with Gasteiger partial charge >= 0.3 is 0 Å². The van der Waals surface area contributed by atoms with Crippen LogP contribution in [-0.2, 0) is 10.0 Å². The van der Waals surface area contributed by atoms with Gasteiger partial charge in [0.1, 0.15) is 0 Å². The third kappa shape index (κ3) is 4.44. The average molecular weight is 375 g/mol. The molecule has 1 aromatic rings. The van der Waals surface area contributed by atoms with E-state index in [0.717, 1.165) is 25.7 Å². The van der Waals surface area contributed by atoms with Gasteiger partial charge in [0.15, 0.2) is 0 Å². The highest BCUT2D eigenvalue weighted by Crippen LogP contribution is 2.27. The Bertz CT molecular complexity index is 594. The molecule has 21 heavy (non-hydrogen) atoms. The topological polar surface area (TPSA) is 72.2 Å². The molecule has 0 radical (unpaired) electrons. The van der Waals surface area contributed by atoms with Gasteiger partial charge in [-0.25, -0.2) is 13.1 Å². The third-order valence-corrected chi connectivity index (χ3v) is 6.19. The molecular formula is C15H23BrN2O2S. The van der Waals surface area contributed by atoms with Crippen LogP contribution < -0.4 is 10.5 Å². The molecule has 1 aliphatic carbocycles. The summed E-state index contributed by atoms with van der Waals surface area (Å²) in [6, 6.07) is 3.39. The molecule has 1 fully saturated rings. The first kappa shape index (κ1) is 16.8. The Morgan fingerprint density at radius 1 is 1.14 bits per heavy atom. The maximum atomic E-state index is 12.6. The molecule has 0 aromatic heterocycles. The van der Waals surface area contributed by atoms with Gasteiger partial charge in [0, 0.05) is 16.2 Å². The molecule has 2 rings (SSSR count). The largest absolute Gasteiger partial charge is 0.398 e. The zero-order chi connectivity index (χ0) is 15.5. The predicted octanol–water partition coefficient (Wildman–Crippen LogP) is 3.73. The number of halogens is 1. The summed E-state index contributed by atoms with van der Waals surface area (Å²) in [4.78, 5) is 0.274. The van der Waals surface area contributed by atoms with E-state index < -0.39 is 10.0 Å². The quantitative estimate of drug-likeness (QED) is 0.791. The first-order valence-corrected chi connectivity index (χ1v) is 9.76. The highest BCUT2D eigenvalue weighted by molar-refractivity contribution is 9.10. The van der Waals surface area contributed by atoms with E-state index in [-0.39, 0.29) is 10.9 Å². The van der Waals surface area contributed by atoms with Crippen molar-refractivity contribution in [2.24, 2.45) is 0 Å². The van der Waals surface area contributed by atoms with Gasteiger partial charge in [-0.05, 0) is 37.5 Å². The molecule has 6 heteroatoms. The van der Waals surface area contributed by atoms with E-state index in [4.69, 9.17) is 5.73 Å². The van der Waals surface area contributed by atoms with Crippen LogP contribution in [0.5, 0.6) is 0 Å². The van der Waals surface area contributed by atoms with Crippen molar-refractivity contribution in [3.8, 4) is 0 Å². The molecule has 0 amide bonds. The van der Waals surface area contributed by atoms with Crippen LogP contribution in [0.4, 0.5) is 5.69 Å². The second kappa shape index (κ2) is 7.11. The Labute approximate surface area is 135 Å². The highest BCUT2D eigenvalue weighted by Gasteiger charge is 2.23. The molecule has 0 spiro atoms. The minimum atomic E-state index is -3.52. The summed E-state index contributed by atoms with van der Waals surface area (Å²) in [5.74, 6) is 0. The van der Waals surface area contributed by atoms with Crippen LogP contribution in [0.2, 0.25) is 0 Å². The SMILES string of the molecule is Cc1c(N)cc(Br)cc1S(=O)(=O)NC1CCCCCCC1. The van der Waals surface area contributed by atoms with E-state index in [1.807, 2.05) is 0 Å². The van der Waals surface area contributed by atoms with Crippen LogP contribution in [0.25, 0.3) is 0 Å². The lowest BCUT2D eigenvalue weighted by Gasteiger charge is -2.21. The van der Waals surface area contributed by atoms with Crippen molar-refractivity contribution < 1.29 is 8.42 Å². The summed E-state index contributed by atoms with van der Waals surface area (Å²) in [7, 11) is -3.52. The normalized spacial score (nSPS) is 18.2. The second-order valence-corrected chi connectivity index (χ2v) is 8.38. The van der Waals surface area contributed by atoms with Crippen molar-refractivity contribution in [3.63, 3.8) is 0 Å². The molecule has 0 unspecified atom stereocenters. The monoisotopic (exact) mass is 374 g/mol. The number of nitrogens with two attached hydrogens (primary N) is 1. The van der Waals surface area contributed by atoms with Crippen molar-refractivity contribution in [1.29, 1.82) is 0 Å². The van der Waals surface area contributed by atoms with Gasteiger partial charge in [-0.1, -0.05) is 48.0 Å². The summed E-state index contributed by atoms with van der Waals surface area (Å²) in [6.45, 7) is 1.74. The standard InChI is InChI=1S/C15H23BrN2O2S/c1-11-14(17)9-12(16)10-15(11)21(19,20)18-13-7-5-3-2-4-6-8-13/h9-10,13,18H,2-8,17H2,1H3. The molecule has 1 aromatic carbocycles. The Balaban J connectivity index is 2.21.